The highest BCUT2D eigenvalue weighted by atomic mass is 16.5. The quantitative estimate of drug-likeness (QED) is 0.482. The molecule has 1 aromatic heterocycles. The SMILES string of the molecule is O=CCCNCc1ccc(NC(=O)c2cc(-c3ccccc3)on2)cc1. The molecule has 6 nitrogen and oxygen atoms in total. The number of hydrogen-bond donors (Lipinski definition) is 2. The molecule has 3 aromatic rings. The first-order valence-corrected chi connectivity index (χ1v) is 8.33. The summed E-state index contributed by atoms with van der Waals surface area (Å²) in [5.74, 6) is 0.222. The summed E-state index contributed by atoms with van der Waals surface area (Å²) in [5, 5.41) is 9.80. The van der Waals surface area contributed by atoms with E-state index in [9.17, 15) is 9.59 Å². The lowest BCUT2D eigenvalue weighted by atomic mass is 10.1. The number of anilines is 1. The summed E-state index contributed by atoms with van der Waals surface area (Å²) >= 11 is 0. The number of carbonyl (C=O) groups excluding carboxylic acids is 2. The van der Waals surface area contributed by atoms with Crippen LogP contribution in [0.2, 0.25) is 0 Å². The third-order valence-electron chi connectivity index (χ3n) is 3.78. The lowest BCUT2D eigenvalue weighted by molar-refractivity contribution is -0.107. The molecule has 0 aliphatic carbocycles. The van der Waals surface area contributed by atoms with Gasteiger partial charge in [-0.1, -0.05) is 47.6 Å². The standard InChI is InChI=1S/C20H19N3O3/c24-12-4-11-21-14-15-7-9-17(10-8-15)22-20(25)18-13-19(26-23-18)16-5-2-1-3-6-16/h1-3,5-10,12-13,21H,4,11,14H2,(H,22,25). The molecule has 0 aliphatic heterocycles. The number of benzene rings is 2. The molecule has 3 rings (SSSR count). The summed E-state index contributed by atoms with van der Waals surface area (Å²) in [6.07, 6.45) is 1.38. The van der Waals surface area contributed by atoms with Crippen LogP contribution in [0.15, 0.2) is 65.2 Å². The predicted molar refractivity (Wildman–Crippen MR) is 98.7 cm³/mol. The van der Waals surface area contributed by atoms with Crippen LogP contribution >= 0.6 is 0 Å². The van der Waals surface area contributed by atoms with Crippen LogP contribution in [-0.4, -0.2) is 23.9 Å². The van der Waals surface area contributed by atoms with E-state index in [4.69, 9.17) is 4.52 Å². The molecule has 0 radical (unpaired) electrons. The summed E-state index contributed by atoms with van der Waals surface area (Å²) in [6.45, 7) is 1.32. The number of aromatic nitrogens is 1. The van der Waals surface area contributed by atoms with E-state index < -0.39 is 0 Å². The first-order valence-electron chi connectivity index (χ1n) is 8.33. The van der Waals surface area contributed by atoms with Crippen LogP contribution in [-0.2, 0) is 11.3 Å². The summed E-state index contributed by atoms with van der Waals surface area (Å²) < 4.78 is 5.25. The molecule has 0 unspecified atom stereocenters. The number of amides is 1. The number of carbonyl (C=O) groups is 2. The molecule has 2 N–H and O–H groups in total. The van der Waals surface area contributed by atoms with Gasteiger partial charge in [0.2, 0.25) is 0 Å². The van der Waals surface area contributed by atoms with Crippen molar-refractivity contribution < 1.29 is 14.1 Å². The van der Waals surface area contributed by atoms with E-state index in [1.54, 1.807) is 6.07 Å². The Bertz CT molecular complexity index is 858. The van der Waals surface area contributed by atoms with Gasteiger partial charge in [-0.2, -0.15) is 0 Å². The second kappa shape index (κ2) is 8.73. The molecule has 0 atom stereocenters. The highest BCUT2D eigenvalue weighted by molar-refractivity contribution is 6.03. The maximum absolute atomic E-state index is 12.3. The maximum atomic E-state index is 12.3. The molecule has 26 heavy (non-hydrogen) atoms. The number of nitrogens with zero attached hydrogens (tertiary/aromatic N) is 1. The average molecular weight is 349 g/mol. The van der Waals surface area contributed by atoms with Crippen molar-refractivity contribution in [2.75, 3.05) is 11.9 Å². The molecular weight excluding hydrogens is 330 g/mol. The van der Waals surface area contributed by atoms with E-state index in [0.717, 1.165) is 17.4 Å². The van der Waals surface area contributed by atoms with Crippen LogP contribution in [0.5, 0.6) is 0 Å². The van der Waals surface area contributed by atoms with Gasteiger partial charge in [0.15, 0.2) is 11.5 Å². The van der Waals surface area contributed by atoms with Crippen molar-refractivity contribution in [3.63, 3.8) is 0 Å². The highest BCUT2D eigenvalue weighted by Gasteiger charge is 2.13. The minimum Gasteiger partial charge on any atom is -0.355 e. The Labute approximate surface area is 151 Å². The first kappa shape index (κ1) is 17.6. The summed E-state index contributed by atoms with van der Waals surface area (Å²) in [6, 6.07) is 18.6. The minimum absolute atomic E-state index is 0.225. The van der Waals surface area contributed by atoms with Gasteiger partial charge in [0.1, 0.15) is 6.29 Å². The molecule has 0 aliphatic rings. The number of nitrogens with one attached hydrogen (secondary N) is 2. The molecule has 1 amide bonds. The number of aldehydes is 1. The van der Waals surface area contributed by atoms with Gasteiger partial charge in [-0.25, -0.2) is 0 Å². The van der Waals surface area contributed by atoms with Crippen molar-refractivity contribution in [2.24, 2.45) is 0 Å². The fraction of sp³-hybridized carbons (Fsp3) is 0.150. The molecule has 132 valence electrons. The van der Waals surface area contributed by atoms with E-state index in [-0.39, 0.29) is 11.6 Å². The van der Waals surface area contributed by atoms with E-state index in [0.29, 0.717) is 31.0 Å². The van der Waals surface area contributed by atoms with Crippen LogP contribution in [0.25, 0.3) is 11.3 Å². The molecule has 0 bridgehead atoms. The van der Waals surface area contributed by atoms with Crippen LogP contribution < -0.4 is 10.6 Å². The molecule has 0 saturated heterocycles. The highest BCUT2D eigenvalue weighted by Crippen LogP contribution is 2.20. The summed E-state index contributed by atoms with van der Waals surface area (Å²) in [4.78, 5) is 22.6. The largest absolute Gasteiger partial charge is 0.355 e. The van der Waals surface area contributed by atoms with Crippen molar-refractivity contribution >= 4 is 17.9 Å². The van der Waals surface area contributed by atoms with Gasteiger partial charge in [0.05, 0.1) is 0 Å². The van der Waals surface area contributed by atoms with Crippen LogP contribution in [0.1, 0.15) is 22.5 Å². The Morgan fingerprint density at radius 1 is 1.08 bits per heavy atom. The van der Waals surface area contributed by atoms with Crippen molar-refractivity contribution in [3.05, 3.63) is 71.9 Å². The maximum Gasteiger partial charge on any atom is 0.277 e. The van der Waals surface area contributed by atoms with E-state index in [1.807, 2.05) is 54.6 Å². The Morgan fingerprint density at radius 3 is 2.58 bits per heavy atom. The predicted octanol–water partition coefficient (Wildman–Crippen LogP) is 3.27. The lowest BCUT2D eigenvalue weighted by Gasteiger charge is -2.06. The van der Waals surface area contributed by atoms with Crippen LogP contribution in [0.3, 0.4) is 0 Å². The zero-order valence-electron chi connectivity index (χ0n) is 14.1. The summed E-state index contributed by atoms with van der Waals surface area (Å²) in [7, 11) is 0. The first-order chi connectivity index (χ1) is 12.8. The minimum atomic E-state index is -0.326. The monoisotopic (exact) mass is 349 g/mol. The topological polar surface area (TPSA) is 84.2 Å². The molecule has 0 fully saturated rings. The summed E-state index contributed by atoms with van der Waals surface area (Å²) in [5.41, 5.74) is 2.84. The normalized spacial score (nSPS) is 10.5. The Morgan fingerprint density at radius 2 is 1.85 bits per heavy atom. The van der Waals surface area contributed by atoms with Crippen LogP contribution in [0.4, 0.5) is 5.69 Å². The zero-order chi connectivity index (χ0) is 18.2. The second-order valence-corrected chi connectivity index (χ2v) is 5.73. The smallest absolute Gasteiger partial charge is 0.277 e. The van der Waals surface area contributed by atoms with Crippen molar-refractivity contribution in [2.45, 2.75) is 13.0 Å². The van der Waals surface area contributed by atoms with E-state index in [1.165, 1.54) is 0 Å². The van der Waals surface area contributed by atoms with Gasteiger partial charge in [-0.15, -0.1) is 0 Å². The Kier molecular flexibility index (Phi) is 5.90. The molecule has 6 heteroatoms. The number of rotatable bonds is 8. The molecule has 1 heterocycles. The van der Waals surface area contributed by atoms with Gasteiger partial charge >= 0.3 is 0 Å². The Balaban J connectivity index is 1.58. The van der Waals surface area contributed by atoms with Gasteiger partial charge < -0.3 is 20.0 Å². The van der Waals surface area contributed by atoms with Gasteiger partial charge in [0.25, 0.3) is 5.91 Å². The third kappa shape index (κ3) is 4.64. The fourth-order valence-electron chi connectivity index (χ4n) is 2.42. The van der Waals surface area contributed by atoms with Crippen molar-refractivity contribution in [1.29, 1.82) is 0 Å². The fourth-order valence-corrected chi connectivity index (χ4v) is 2.42. The van der Waals surface area contributed by atoms with Crippen molar-refractivity contribution in [3.8, 4) is 11.3 Å². The second-order valence-electron chi connectivity index (χ2n) is 5.73. The zero-order valence-corrected chi connectivity index (χ0v) is 14.1. The van der Waals surface area contributed by atoms with Gasteiger partial charge in [0, 0.05) is 36.8 Å². The van der Waals surface area contributed by atoms with Gasteiger partial charge in [-0.3, -0.25) is 4.79 Å². The Hall–Kier alpha value is -3.25. The van der Waals surface area contributed by atoms with E-state index in [2.05, 4.69) is 15.8 Å². The molecule has 2 aromatic carbocycles. The average Bonchev–Trinajstić information content (AvgIpc) is 3.18. The number of hydrogen-bond acceptors (Lipinski definition) is 5. The molecule has 0 saturated carbocycles. The van der Waals surface area contributed by atoms with Crippen molar-refractivity contribution in [1.82, 2.24) is 10.5 Å². The third-order valence-corrected chi connectivity index (χ3v) is 3.78. The van der Waals surface area contributed by atoms with Gasteiger partial charge in [-0.05, 0) is 17.7 Å². The molecular formula is C20H19N3O3. The van der Waals surface area contributed by atoms with Crippen LogP contribution in [0, 0.1) is 0 Å². The molecule has 0 spiro atoms. The van der Waals surface area contributed by atoms with E-state index >= 15 is 0 Å². The lowest BCUT2D eigenvalue weighted by Crippen LogP contribution is -2.15.